The number of anilines is 1. The van der Waals surface area contributed by atoms with Gasteiger partial charge in [-0.3, -0.25) is 9.59 Å². The average molecular weight is 570 g/mol. The predicted molar refractivity (Wildman–Crippen MR) is 154 cm³/mol. The second-order valence-corrected chi connectivity index (χ2v) is 9.48. The van der Waals surface area contributed by atoms with E-state index in [1.54, 1.807) is 60.7 Å². The molecule has 42 heavy (non-hydrogen) atoms. The summed E-state index contributed by atoms with van der Waals surface area (Å²) >= 11 is 0. The number of amides is 2. The topological polar surface area (TPSA) is 84.2 Å². The van der Waals surface area contributed by atoms with E-state index in [4.69, 9.17) is 4.42 Å². The van der Waals surface area contributed by atoms with Gasteiger partial charge >= 0.3 is 6.18 Å². The Balaban J connectivity index is 1.40. The quantitative estimate of drug-likeness (QED) is 0.200. The zero-order chi connectivity index (χ0) is 29.7. The smallest absolute Gasteiger partial charge is 0.416 e. The molecular formula is C33H26F3N3O3. The molecule has 1 aromatic heterocycles. The first kappa shape index (κ1) is 28.4. The molecule has 0 spiro atoms. The Hall–Kier alpha value is -5.18. The van der Waals surface area contributed by atoms with E-state index in [0.29, 0.717) is 22.4 Å². The van der Waals surface area contributed by atoms with Crippen molar-refractivity contribution in [2.45, 2.75) is 26.1 Å². The van der Waals surface area contributed by atoms with Gasteiger partial charge < -0.3 is 15.1 Å². The van der Waals surface area contributed by atoms with Crippen molar-refractivity contribution in [3.05, 3.63) is 131 Å². The van der Waals surface area contributed by atoms with E-state index in [-0.39, 0.29) is 35.4 Å². The van der Waals surface area contributed by atoms with Gasteiger partial charge in [-0.2, -0.15) is 13.2 Å². The van der Waals surface area contributed by atoms with Crippen LogP contribution < -0.4 is 10.6 Å². The molecule has 0 saturated heterocycles. The van der Waals surface area contributed by atoms with Gasteiger partial charge in [0, 0.05) is 28.9 Å². The zero-order valence-electron chi connectivity index (χ0n) is 22.5. The highest BCUT2D eigenvalue weighted by Crippen LogP contribution is 2.33. The van der Waals surface area contributed by atoms with Crippen LogP contribution in [0.15, 0.2) is 108 Å². The third kappa shape index (κ3) is 6.41. The summed E-state index contributed by atoms with van der Waals surface area (Å²) in [6, 6.07) is 28.0. The van der Waals surface area contributed by atoms with Gasteiger partial charge in [-0.15, -0.1) is 0 Å². The molecule has 2 N–H and O–H groups in total. The lowest BCUT2D eigenvalue weighted by Crippen LogP contribution is -2.25. The fourth-order valence-corrected chi connectivity index (χ4v) is 4.38. The number of carbonyl (C=O) groups excluding carboxylic acids is 2. The second kappa shape index (κ2) is 12.1. The SMILES string of the molecule is CCc1ccc(C(=O)Nc2ccc(-c3oc(-c4ccccc4)nc3C(=O)NCc3ccccc3C(F)(F)F)cc2)cc1. The Kier molecular flexibility index (Phi) is 8.19. The van der Waals surface area contributed by atoms with Crippen molar-refractivity contribution in [1.82, 2.24) is 10.3 Å². The van der Waals surface area contributed by atoms with Crippen molar-refractivity contribution in [3.8, 4) is 22.8 Å². The molecule has 2 amide bonds. The van der Waals surface area contributed by atoms with E-state index in [1.165, 1.54) is 18.2 Å². The number of carbonyl (C=O) groups is 2. The standard InChI is InChI=1S/C33H26F3N3O3/c1-2-21-12-14-23(15-13-21)30(40)38-26-18-16-22(17-19-26)29-28(39-32(42-29)24-8-4-3-5-9-24)31(41)37-20-25-10-6-7-11-27(25)33(34,35)36/h3-19H,2,20H2,1H3,(H,37,41)(H,38,40). The number of hydrogen-bond acceptors (Lipinski definition) is 4. The first-order chi connectivity index (χ1) is 20.2. The van der Waals surface area contributed by atoms with Gasteiger partial charge in [-0.05, 0) is 72.1 Å². The molecule has 0 fully saturated rings. The summed E-state index contributed by atoms with van der Waals surface area (Å²) < 4.78 is 46.3. The van der Waals surface area contributed by atoms with Crippen LogP contribution >= 0.6 is 0 Å². The van der Waals surface area contributed by atoms with Gasteiger partial charge in [0.2, 0.25) is 5.89 Å². The lowest BCUT2D eigenvalue weighted by Gasteiger charge is -2.13. The molecule has 212 valence electrons. The maximum atomic E-state index is 13.4. The number of hydrogen-bond donors (Lipinski definition) is 2. The van der Waals surface area contributed by atoms with Crippen LogP contribution in [-0.2, 0) is 19.1 Å². The number of aromatic nitrogens is 1. The molecule has 4 aromatic carbocycles. The number of benzene rings is 4. The Morgan fingerprint density at radius 3 is 2.12 bits per heavy atom. The van der Waals surface area contributed by atoms with Crippen LogP contribution in [-0.4, -0.2) is 16.8 Å². The van der Waals surface area contributed by atoms with Crippen molar-refractivity contribution in [1.29, 1.82) is 0 Å². The van der Waals surface area contributed by atoms with Crippen molar-refractivity contribution in [3.63, 3.8) is 0 Å². The third-order valence-corrected chi connectivity index (χ3v) is 6.65. The highest BCUT2D eigenvalue weighted by molar-refractivity contribution is 6.04. The van der Waals surface area contributed by atoms with E-state index in [1.807, 2.05) is 25.1 Å². The van der Waals surface area contributed by atoms with E-state index in [0.717, 1.165) is 18.1 Å². The van der Waals surface area contributed by atoms with Crippen LogP contribution in [0.1, 0.15) is 44.5 Å². The lowest BCUT2D eigenvalue weighted by molar-refractivity contribution is -0.138. The number of oxazole rings is 1. The minimum atomic E-state index is -4.56. The molecule has 0 aliphatic rings. The number of rotatable bonds is 8. The van der Waals surface area contributed by atoms with Crippen LogP contribution in [0.4, 0.5) is 18.9 Å². The predicted octanol–water partition coefficient (Wildman–Crippen LogP) is 7.77. The third-order valence-electron chi connectivity index (χ3n) is 6.65. The van der Waals surface area contributed by atoms with Crippen LogP contribution in [0.5, 0.6) is 0 Å². The van der Waals surface area contributed by atoms with Crippen LogP contribution in [0.25, 0.3) is 22.8 Å². The number of nitrogens with one attached hydrogen (secondary N) is 2. The maximum Gasteiger partial charge on any atom is 0.416 e. The number of nitrogens with zero attached hydrogens (tertiary/aromatic N) is 1. The van der Waals surface area contributed by atoms with Crippen molar-refractivity contribution < 1.29 is 27.2 Å². The van der Waals surface area contributed by atoms with Crippen LogP contribution in [0.3, 0.4) is 0 Å². The molecule has 0 aliphatic heterocycles. The highest BCUT2D eigenvalue weighted by atomic mass is 19.4. The zero-order valence-corrected chi connectivity index (χ0v) is 22.5. The second-order valence-electron chi connectivity index (χ2n) is 9.48. The molecule has 0 unspecified atom stereocenters. The van der Waals surface area contributed by atoms with Gasteiger partial charge in [0.25, 0.3) is 11.8 Å². The minimum absolute atomic E-state index is 0.0730. The van der Waals surface area contributed by atoms with Crippen LogP contribution in [0, 0.1) is 0 Å². The Labute approximate surface area is 240 Å². The fourth-order valence-electron chi connectivity index (χ4n) is 4.38. The molecule has 0 saturated carbocycles. The summed E-state index contributed by atoms with van der Waals surface area (Å²) in [4.78, 5) is 30.3. The first-order valence-electron chi connectivity index (χ1n) is 13.2. The van der Waals surface area contributed by atoms with E-state index >= 15 is 0 Å². The molecule has 1 heterocycles. The van der Waals surface area contributed by atoms with Gasteiger partial charge in [-0.1, -0.05) is 55.5 Å². The van der Waals surface area contributed by atoms with Gasteiger partial charge in [0.15, 0.2) is 11.5 Å². The maximum absolute atomic E-state index is 13.4. The van der Waals surface area contributed by atoms with Crippen molar-refractivity contribution >= 4 is 17.5 Å². The van der Waals surface area contributed by atoms with E-state index in [2.05, 4.69) is 15.6 Å². The summed E-state index contributed by atoms with van der Waals surface area (Å²) in [7, 11) is 0. The summed E-state index contributed by atoms with van der Waals surface area (Å²) in [5.41, 5.74) is 2.32. The van der Waals surface area contributed by atoms with Gasteiger partial charge in [0.05, 0.1) is 5.56 Å². The monoisotopic (exact) mass is 569 g/mol. The summed E-state index contributed by atoms with van der Waals surface area (Å²) in [5, 5.41) is 5.39. The Bertz CT molecular complexity index is 1700. The van der Waals surface area contributed by atoms with E-state index < -0.39 is 17.6 Å². The fraction of sp³-hybridized carbons (Fsp3) is 0.121. The summed E-state index contributed by atoms with van der Waals surface area (Å²) in [5.74, 6) is -0.640. The lowest BCUT2D eigenvalue weighted by atomic mass is 10.1. The molecule has 0 bridgehead atoms. The van der Waals surface area contributed by atoms with Gasteiger partial charge in [-0.25, -0.2) is 4.98 Å². The summed E-state index contributed by atoms with van der Waals surface area (Å²) in [6.45, 7) is 1.68. The summed E-state index contributed by atoms with van der Waals surface area (Å²) in [6.07, 6.45) is -3.69. The molecule has 9 heteroatoms. The number of alkyl halides is 3. The average Bonchev–Trinajstić information content (AvgIpc) is 3.46. The molecular weight excluding hydrogens is 543 g/mol. The Morgan fingerprint density at radius 1 is 0.786 bits per heavy atom. The van der Waals surface area contributed by atoms with Crippen molar-refractivity contribution in [2.75, 3.05) is 5.32 Å². The molecule has 6 nitrogen and oxygen atoms in total. The largest absolute Gasteiger partial charge is 0.435 e. The normalized spacial score (nSPS) is 11.2. The molecule has 0 atom stereocenters. The molecule has 0 aliphatic carbocycles. The number of halogens is 3. The molecule has 5 aromatic rings. The number of aryl methyl sites for hydroxylation is 1. The molecule has 5 rings (SSSR count). The first-order valence-corrected chi connectivity index (χ1v) is 13.2. The highest BCUT2D eigenvalue weighted by Gasteiger charge is 2.33. The van der Waals surface area contributed by atoms with Crippen LogP contribution in [0.2, 0.25) is 0 Å². The van der Waals surface area contributed by atoms with Gasteiger partial charge in [0.1, 0.15) is 0 Å². The van der Waals surface area contributed by atoms with E-state index in [9.17, 15) is 22.8 Å². The Morgan fingerprint density at radius 2 is 1.45 bits per heavy atom. The minimum Gasteiger partial charge on any atom is -0.435 e. The molecule has 0 radical (unpaired) electrons. The van der Waals surface area contributed by atoms with Crippen molar-refractivity contribution in [2.24, 2.45) is 0 Å².